The third-order valence-corrected chi connectivity index (χ3v) is 5.36. The Hall–Kier alpha value is -3.90. The lowest BCUT2D eigenvalue weighted by Gasteiger charge is -2.15. The van der Waals surface area contributed by atoms with E-state index in [1.54, 1.807) is 48.5 Å². The Labute approximate surface area is 190 Å². The summed E-state index contributed by atoms with van der Waals surface area (Å²) in [6, 6.07) is 20.6. The highest BCUT2D eigenvalue weighted by atomic mass is 35.5. The van der Waals surface area contributed by atoms with Crippen LogP contribution >= 0.6 is 11.6 Å². The first-order valence-electron chi connectivity index (χ1n) is 9.85. The monoisotopic (exact) mass is 446 g/mol. The van der Waals surface area contributed by atoms with Gasteiger partial charge in [0.05, 0.1) is 11.3 Å². The fourth-order valence-corrected chi connectivity index (χ4v) is 3.42. The van der Waals surface area contributed by atoms with Crippen molar-refractivity contribution in [1.82, 2.24) is 0 Å². The number of para-hydroxylation sites is 1. The average Bonchev–Trinajstić information content (AvgIpc) is 3.00. The van der Waals surface area contributed by atoms with Crippen LogP contribution in [-0.2, 0) is 9.59 Å². The molecule has 0 saturated heterocycles. The summed E-state index contributed by atoms with van der Waals surface area (Å²) in [5, 5.41) is 2.69. The number of carbonyl (C=O) groups excluding carboxylic acids is 3. The molecule has 4 rings (SSSR count). The van der Waals surface area contributed by atoms with Crippen LogP contribution in [0.5, 0.6) is 5.75 Å². The van der Waals surface area contributed by atoms with Gasteiger partial charge in [0, 0.05) is 5.69 Å². The molecule has 1 heterocycles. The number of amides is 2. The Kier molecular flexibility index (Phi) is 5.79. The Morgan fingerprint density at radius 2 is 1.53 bits per heavy atom. The molecule has 0 radical (unpaired) electrons. The highest BCUT2D eigenvalue weighted by Crippen LogP contribution is 2.30. The van der Waals surface area contributed by atoms with Crippen LogP contribution in [0, 0.1) is 13.8 Å². The molecule has 3 aromatic carbocycles. The summed E-state index contributed by atoms with van der Waals surface area (Å²) in [7, 11) is 0. The smallest absolute Gasteiger partial charge is 0.343 e. The van der Waals surface area contributed by atoms with Gasteiger partial charge in [-0.1, -0.05) is 47.5 Å². The fraction of sp³-hybridized carbons (Fsp3) is 0.0800. The van der Waals surface area contributed by atoms with Gasteiger partial charge in [-0.2, -0.15) is 0 Å². The number of nitrogens with zero attached hydrogens (tertiary/aromatic N) is 1. The van der Waals surface area contributed by atoms with Crippen LogP contribution in [0.15, 0.2) is 83.5 Å². The third kappa shape index (κ3) is 4.13. The molecule has 0 fully saturated rings. The van der Waals surface area contributed by atoms with Gasteiger partial charge in [0.15, 0.2) is 0 Å². The molecule has 0 unspecified atom stereocenters. The van der Waals surface area contributed by atoms with Crippen molar-refractivity contribution in [1.29, 1.82) is 0 Å². The van der Waals surface area contributed by atoms with E-state index >= 15 is 0 Å². The Morgan fingerprint density at radius 1 is 0.875 bits per heavy atom. The van der Waals surface area contributed by atoms with Gasteiger partial charge < -0.3 is 10.1 Å². The van der Waals surface area contributed by atoms with Crippen LogP contribution in [0.4, 0.5) is 11.4 Å². The number of rotatable bonds is 5. The molecule has 0 bridgehead atoms. The van der Waals surface area contributed by atoms with E-state index in [1.807, 2.05) is 38.1 Å². The third-order valence-electron chi connectivity index (χ3n) is 5.01. The van der Waals surface area contributed by atoms with Crippen LogP contribution < -0.4 is 15.0 Å². The molecule has 1 aliphatic heterocycles. The quantitative estimate of drug-likeness (QED) is 0.340. The van der Waals surface area contributed by atoms with Crippen molar-refractivity contribution >= 4 is 40.8 Å². The number of carbonyl (C=O) groups is 3. The predicted octanol–water partition coefficient (Wildman–Crippen LogP) is 4.96. The Morgan fingerprint density at radius 3 is 2.19 bits per heavy atom. The van der Waals surface area contributed by atoms with Crippen LogP contribution in [0.25, 0.3) is 0 Å². The number of benzene rings is 3. The van der Waals surface area contributed by atoms with E-state index in [4.69, 9.17) is 16.3 Å². The fourth-order valence-electron chi connectivity index (χ4n) is 3.20. The van der Waals surface area contributed by atoms with Gasteiger partial charge in [-0.15, -0.1) is 0 Å². The Bertz CT molecular complexity index is 1250. The average molecular weight is 447 g/mol. The van der Waals surface area contributed by atoms with E-state index < -0.39 is 17.8 Å². The zero-order valence-corrected chi connectivity index (χ0v) is 18.1. The van der Waals surface area contributed by atoms with E-state index in [0.717, 1.165) is 16.0 Å². The number of aryl methyl sites for hydroxylation is 2. The molecular weight excluding hydrogens is 428 g/mol. The summed E-state index contributed by atoms with van der Waals surface area (Å²) >= 11 is 6.17. The van der Waals surface area contributed by atoms with E-state index in [2.05, 4.69) is 5.32 Å². The molecule has 32 heavy (non-hydrogen) atoms. The van der Waals surface area contributed by atoms with Gasteiger partial charge in [-0.05, 0) is 61.9 Å². The zero-order valence-electron chi connectivity index (χ0n) is 17.4. The molecule has 0 aliphatic carbocycles. The second-order valence-corrected chi connectivity index (χ2v) is 7.71. The molecule has 160 valence electrons. The maximum Gasteiger partial charge on any atom is 0.343 e. The maximum atomic E-state index is 12.9. The van der Waals surface area contributed by atoms with Crippen molar-refractivity contribution in [3.63, 3.8) is 0 Å². The molecule has 1 N–H and O–H groups in total. The molecule has 0 spiro atoms. The van der Waals surface area contributed by atoms with E-state index in [9.17, 15) is 14.4 Å². The summed E-state index contributed by atoms with van der Waals surface area (Å²) in [6.45, 7) is 3.77. The minimum absolute atomic E-state index is 0.0209. The molecule has 6 nitrogen and oxygen atoms in total. The van der Waals surface area contributed by atoms with Gasteiger partial charge in [0.25, 0.3) is 11.8 Å². The number of nitrogens with one attached hydrogen (secondary N) is 1. The van der Waals surface area contributed by atoms with Gasteiger partial charge in [-0.3, -0.25) is 9.59 Å². The lowest BCUT2D eigenvalue weighted by atomic mass is 10.2. The number of anilines is 2. The molecule has 3 aromatic rings. The highest BCUT2D eigenvalue weighted by Gasteiger charge is 2.38. The first kappa shape index (κ1) is 21.3. The SMILES string of the molecule is Cc1ccc(N2C(=O)C(Cl)=C(Nc3ccc(C(=O)Oc4ccccc4C)cc3)C2=O)cc1. The molecule has 2 amide bonds. The van der Waals surface area contributed by atoms with Crippen molar-refractivity contribution in [2.45, 2.75) is 13.8 Å². The van der Waals surface area contributed by atoms with E-state index in [1.165, 1.54) is 0 Å². The molecule has 0 aromatic heterocycles. The van der Waals surface area contributed by atoms with Crippen molar-refractivity contribution in [2.75, 3.05) is 10.2 Å². The lowest BCUT2D eigenvalue weighted by molar-refractivity contribution is -0.120. The van der Waals surface area contributed by atoms with Gasteiger partial charge >= 0.3 is 5.97 Å². The molecule has 0 atom stereocenters. The van der Waals surface area contributed by atoms with Crippen LogP contribution in [0.1, 0.15) is 21.5 Å². The number of esters is 1. The van der Waals surface area contributed by atoms with Crippen LogP contribution in [0.3, 0.4) is 0 Å². The van der Waals surface area contributed by atoms with Gasteiger partial charge in [-0.25, -0.2) is 9.69 Å². The first-order chi connectivity index (χ1) is 15.3. The number of ether oxygens (including phenoxy) is 1. The molecule has 1 aliphatic rings. The summed E-state index contributed by atoms with van der Waals surface area (Å²) in [6.07, 6.45) is 0. The number of hydrogen-bond donors (Lipinski definition) is 1. The number of hydrogen-bond acceptors (Lipinski definition) is 5. The Balaban J connectivity index is 1.49. The summed E-state index contributed by atoms with van der Waals surface area (Å²) in [5.74, 6) is -1.16. The molecular formula is C25H19ClN2O4. The minimum Gasteiger partial charge on any atom is -0.423 e. The molecule has 7 heteroatoms. The normalized spacial score (nSPS) is 13.5. The van der Waals surface area contributed by atoms with Crippen LogP contribution in [0.2, 0.25) is 0 Å². The summed E-state index contributed by atoms with van der Waals surface area (Å²) < 4.78 is 5.43. The zero-order chi connectivity index (χ0) is 22.8. The standard InChI is InChI=1S/C25H19ClN2O4/c1-15-7-13-19(14-8-15)28-23(29)21(26)22(24(28)30)27-18-11-9-17(10-12-18)25(31)32-20-6-4-3-5-16(20)2/h3-14,27H,1-2H3. The number of halogens is 1. The largest absolute Gasteiger partial charge is 0.423 e. The second kappa shape index (κ2) is 8.69. The maximum absolute atomic E-state index is 12.9. The van der Waals surface area contributed by atoms with Gasteiger partial charge in [0.1, 0.15) is 16.5 Å². The first-order valence-corrected chi connectivity index (χ1v) is 10.2. The summed E-state index contributed by atoms with van der Waals surface area (Å²) in [5.41, 5.74) is 3.11. The van der Waals surface area contributed by atoms with E-state index in [0.29, 0.717) is 22.7 Å². The lowest BCUT2D eigenvalue weighted by Crippen LogP contribution is -2.32. The van der Waals surface area contributed by atoms with Crippen molar-refractivity contribution in [3.05, 3.63) is 100 Å². The van der Waals surface area contributed by atoms with Crippen molar-refractivity contribution in [2.24, 2.45) is 0 Å². The highest BCUT2D eigenvalue weighted by molar-refractivity contribution is 6.53. The van der Waals surface area contributed by atoms with Crippen molar-refractivity contribution < 1.29 is 19.1 Å². The summed E-state index contributed by atoms with van der Waals surface area (Å²) in [4.78, 5) is 38.9. The number of imide groups is 1. The predicted molar refractivity (Wildman–Crippen MR) is 123 cm³/mol. The van der Waals surface area contributed by atoms with Gasteiger partial charge in [0.2, 0.25) is 0 Å². The second-order valence-electron chi connectivity index (χ2n) is 7.33. The van der Waals surface area contributed by atoms with E-state index in [-0.39, 0.29) is 10.7 Å². The topological polar surface area (TPSA) is 75.7 Å². The molecule has 0 saturated carbocycles. The van der Waals surface area contributed by atoms with Crippen LogP contribution in [-0.4, -0.2) is 17.8 Å². The minimum atomic E-state index is -0.596. The van der Waals surface area contributed by atoms with Crippen molar-refractivity contribution in [3.8, 4) is 5.75 Å².